The van der Waals surface area contributed by atoms with Crippen LogP contribution in [0.25, 0.3) is 0 Å². The van der Waals surface area contributed by atoms with Crippen LogP contribution in [0.5, 0.6) is 0 Å². The maximum Gasteiger partial charge on any atom is 0.241 e. The molecule has 2 rings (SSSR count). The Labute approximate surface area is 117 Å². The Hall–Kier alpha value is -1.92. The van der Waals surface area contributed by atoms with E-state index in [9.17, 15) is 14.7 Å². The third-order valence-electron chi connectivity index (χ3n) is 3.23. The van der Waals surface area contributed by atoms with Crippen LogP contribution in [0.2, 0.25) is 0 Å². The second-order valence-corrected chi connectivity index (χ2v) is 5.05. The number of aliphatic hydroxyl groups excluding tert-OH is 1. The molecule has 4 N–H and O–H groups in total. The lowest BCUT2D eigenvalue weighted by atomic mass is 10.1. The summed E-state index contributed by atoms with van der Waals surface area (Å²) >= 11 is 0. The maximum atomic E-state index is 12.0. The number of carbonyl (C=O) groups excluding carboxylic acids is 2. The van der Waals surface area contributed by atoms with E-state index >= 15 is 0 Å². The molecule has 6 nitrogen and oxygen atoms in total. The molecule has 2 amide bonds. The zero-order chi connectivity index (χ0) is 14.7. The number of aryl methyl sites for hydroxylation is 1. The Morgan fingerprint density at radius 2 is 2.10 bits per heavy atom. The fourth-order valence-corrected chi connectivity index (χ4v) is 2.22. The lowest BCUT2D eigenvalue weighted by Gasteiger charge is -2.13. The molecule has 0 spiro atoms. The van der Waals surface area contributed by atoms with E-state index in [2.05, 4.69) is 16.0 Å². The largest absolute Gasteiger partial charge is 0.392 e. The molecule has 1 aliphatic rings. The van der Waals surface area contributed by atoms with Gasteiger partial charge in [0.2, 0.25) is 11.8 Å². The molecule has 2 unspecified atom stereocenters. The van der Waals surface area contributed by atoms with Gasteiger partial charge in [-0.1, -0.05) is 0 Å². The molecule has 108 valence electrons. The van der Waals surface area contributed by atoms with Crippen molar-refractivity contribution in [2.24, 2.45) is 0 Å². The van der Waals surface area contributed by atoms with Crippen molar-refractivity contribution in [3.05, 3.63) is 23.8 Å². The number of anilines is 2. The fourth-order valence-electron chi connectivity index (χ4n) is 2.22. The van der Waals surface area contributed by atoms with Crippen LogP contribution in [0.15, 0.2) is 18.2 Å². The van der Waals surface area contributed by atoms with Gasteiger partial charge in [0.05, 0.1) is 12.1 Å². The van der Waals surface area contributed by atoms with E-state index in [0.29, 0.717) is 18.7 Å². The summed E-state index contributed by atoms with van der Waals surface area (Å²) < 4.78 is 0. The highest BCUT2D eigenvalue weighted by Crippen LogP contribution is 2.20. The second kappa shape index (κ2) is 6.02. The molecule has 1 heterocycles. The highest BCUT2D eigenvalue weighted by molar-refractivity contribution is 5.96. The van der Waals surface area contributed by atoms with E-state index in [4.69, 9.17) is 0 Å². The molecule has 1 aromatic rings. The molecule has 1 fully saturated rings. The Balaban J connectivity index is 2.01. The van der Waals surface area contributed by atoms with E-state index in [1.807, 2.05) is 6.92 Å². The van der Waals surface area contributed by atoms with E-state index < -0.39 is 6.10 Å². The highest BCUT2D eigenvalue weighted by atomic mass is 16.3. The summed E-state index contributed by atoms with van der Waals surface area (Å²) in [5.41, 5.74) is 2.27. The van der Waals surface area contributed by atoms with Crippen LogP contribution in [0, 0.1) is 6.92 Å². The van der Waals surface area contributed by atoms with Gasteiger partial charge in [0, 0.05) is 24.8 Å². The number of rotatable bonds is 3. The SMILES string of the molecule is CC(=O)Nc1ccc(NC(=O)C2CC(O)CN2)cc1C. The van der Waals surface area contributed by atoms with Crippen LogP contribution in [-0.2, 0) is 9.59 Å². The number of carbonyl (C=O) groups is 2. The number of hydrogen-bond donors (Lipinski definition) is 4. The Kier molecular flexibility index (Phi) is 4.36. The first-order chi connectivity index (χ1) is 9.45. The van der Waals surface area contributed by atoms with Crippen LogP contribution in [0.1, 0.15) is 18.9 Å². The second-order valence-electron chi connectivity index (χ2n) is 5.05. The zero-order valence-corrected chi connectivity index (χ0v) is 11.6. The molecule has 0 aromatic heterocycles. The van der Waals surface area contributed by atoms with E-state index in [1.165, 1.54) is 6.92 Å². The van der Waals surface area contributed by atoms with Crippen molar-refractivity contribution < 1.29 is 14.7 Å². The molecule has 2 atom stereocenters. The van der Waals surface area contributed by atoms with Gasteiger partial charge in [-0.05, 0) is 37.1 Å². The summed E-state index contributed by atoms with van der Waals surface area (Å²) in [6.07, 6.45) is -0.0379. The van der Waals surface area contributed by atoms with Gasteiger partial charge in [0.15, 0.2) is 0 Å². The first-order valence-electron chi connectivity index (χ1n) is 6.56. The van der Waals surface area contributed by atoms with Crippen molar-refractivity contribution in [1.82, 2.24) is 5.32 Å². The maximum absolute atomic E-state index is 12.0. The van der Waals surface area contributed by atoms with Crippen LogP contribution in [0.3, 0.4) is 0 Å². The number of benzene rings is 1. The Bertz CT molecular complexity index is 530. The molecular weight excluding hydrogens is 258 g/mol. The third-order valence-corrected chi connectivity index (χ3v) is 3.23. The predicted octanol–water partition coefficient (Wildman–Crippen LogP) is 0.615. The van der Waals surface area contributed by atoms with Gasteiger partial charge in [-0.15, -0.1) is 0 Å². The van der Waals surface area contributed by atoms with Crippen molar-refractivity contribution in [2.75, 3.05) is 17.2 Å². The quantitative estimate of drug-likeness (QED) is 0.652. The van der Waals surface area contributed by atoms with Crippen LogP contribution in [-0.4, -0.2) is 35.6 Å². The van der Waals surface area contributed by atoms with Gasteiger partial charge >= 0.3 is 0 Å². The van der Waals surface area contributed by atoms with Crippen molar-refractivity contribution in [1.29, 1.82) is 0 Å². The van der Waals surface area contributed by atoms with Gasteiger partial charge in [0.25, 0.3) is 0 Å². The molecule has 0 aliphatic carbocycles. The van der Waals surface area contributed by atoms with Crippen molar-refractivity contribution >= 4 is 23.2 Å². The summed E-state index contributed by atoms with van der Waals surface area (Å²) in [6, 6.07) is 4.93. The smallest absolute Gasteiger partial charge is 0.241 e. The molecular formula is C14H19N3O3. The minimum atomic E-state index is -0.463. The van der Waals surface area contributed by atoms with E-state index in [-0.39, 0.29) is 17.9 Å². The standard InChI is InChI=1S/C14H19N3O3/c1-8-5-10(3-4-12(8)16-9(2)18)17-14(20)13-6-11(19)7-15-13/h3-5,11,13,15,19H,6-7H2,1-2H3,(H,16,18)(H,17,20). The number of nitrogens with one attached hydrogen (secondary N) is 3. The average molecular weight is 277 g/mol. The lowest BCUT2D eigenvalue weighted by molar-refractivity contribution is -0.118. The summed E-state index contributed by atoms with van der Waals surface area (Å²) in [5, 5.41) is 17.9. The number of amides is 2. The number of β-amino-alcohol motifs (C(OH)–C–C–N with tert-alkyl or cyclic N) is 1. The van der Waals surface area contributed by atoms with E-state index in [0.717, 1.165) is 11.3 Å². The van der Waals surface area contributed by atoms with Crippen LogP contribution >= 0.6 is 0 Å². The van der Waals surface area contributed by atoms with Crippen molar-refractivity contribution in [3.8, 4) is 0 Å². The normalized spacial score (nSPS) is 21.6. The minimum absolute atomic E-state index is 0.131. The summed E-state index contributed by atoms with van der Waals surface area (Å²) in [6.45, 7) is 3.75. The van der Waals surface area contributed by atoms with Crippen molar-refractivity contribution in [2.45, 2.75) is 32.4 Å². The Morgan fingerprint density at radius 1 is 1.35 bits per heavy atom. The summed E-state index contributed by atoms with van der Waals surface area (Å²) in [7, 11) is 0. The molecule has 6 heteroatoms. The van der Waals surface area contributed by atoms with Gasteiger partial charge in [-0.3, -0.25) is 9.59 Å². The Morgan fingerprint density at radius 3 is 2.65 bits per heavy atom. The first-order valence-corrected chi connectivity index (χ1v) is 6.56. The molecule has 1 aliphatic heterocycles. The summed E-state index contributed by atoms with van der Waals surface area (Å²) in [4.78, 5) is 23.0. The molecule has 0 bridgehead atoms. The zero-order valence-electron chi connectivity index (χ0n) is 11.6. The predicted molar refractivity (Wildman–Crippen MR) is 76.5 cm³/mol. The van der Waals surface area contributed by atoms with Crippen LogP contribution < -0.4 is 16.0 Å². The molecule has 20 heavy (non-hydrogen) atoms. The monoisotopic (exact) mass is 277 g/mol. The van der Waals surface area contributed by atoms with Gasteiger partial charge in [-0.25, -0.2) is 0 Å². The number of aliphatic hydroxyl groups is 1. The minimum Gasteiger partial charge on any atom is -0.392 e. The third kappa shape index (κ3) is 3.55. The van der Waals surface area contributed by atoms with Gasteiger partial charge in [-0.2, -0.15) is 0 Å². The van der Waals surface area contributed by atoms with Crippen LogP contribution in [0.4, 0.5) is 11.4 Å². The molecule has 1 aromatic carbocycles. The number of hydrogen-bond acceptors (Lipinski definition) is 4. The summed E-state index contributed by atoms with van der Waals surface area (Å²) in [5.74, 6) is -0.290. The first kappa shape index (κ1) is 14.5. The lowest BCUT2D eigenvalue weighted by Crippen LogP contribution is -2.35. The van der Waals surface area contributed by atoms with Crippen molar-refractivity contribution in [3.63, 3.8) is 0 Å². The van der Waals surface area contributed by atoms with Gasteiger partial charge in [0.1, 0.15) is 0 Å². The fraction of sp³-hybridized carbons (Fsp3) is 0.429. The molecule has 0 saturated carbocycles. The molecule has 0 radical (unpaired) electrons. The molecule has 1 saturated heterocycles. The highest BCUT2D eigenvalue weighted by Gasteiger charge is 2.27. The average Bonchev–Trinajstić information content (AvgIpc) is 2.79. The van der Waals surface area contributed by atoms with E-state index in [1.54, 1.807) is 18.2 Å². The topological polar surface area (TPSA) is 90.5 Å². The van der Waals surface area contributed by atoms with Gasteiger partial charge < -0.3 is 21.1 Å².